The Labute approximate surface area is 99.8 Å². The van der Waals surface area contributed by atoms with Crippen molar-refractivity contribution in [2.24, 2.45) is 5.41 Å². The number of benzene rings is 1. The molecule has 1 heterocycles. The molecule has 1 aromatic carbocycles. The van der Waals surface area contributed by atoms with Crippen LogP contribution in [0.4, 0.5) is 4.39 Å². The first-order valence-electron chi connectivity index (χ1n) is 5.61. The number of halogens is 1. The Balaban J connectivity index is 1.96. The van der Waals surface area contributed by atoms with Crippen LogP contribution in [-0.4, -0.2) is 19.8 Å². The topological polar surface area (TPSA) is 42.2 Å². The maximum absolute atomic E-state index is 12.7. The van der Waals surface area contributed by atoms with Gasteiger partial charge in [-0.05, 0) is 37.1 Å². The zero-order chi connectivity index (χ0) is 12.1. The molecule has 0 spiro atoms. The van der Waals surface area contributed by atoms with E-state index in [2.05, 4.69) is 6.07 Å². The predicted molar refractivity (Wildman–Crippen MR) is 60.0 cm³/mol. The SMILES string of the molecule is N#CC1(COc2ccc(F)cc2)CCOCC1. The van der Waals surface area contributed by atoms with Crippen molar-refractivity contribution < 1.29 is 13.9 Å². The van der Waals surface area contributed by atoms with Crippen LogP contribution in [0.1, 0.15) is 12.8 Å². The van der Waals surface area contributed by atoms with E-state index in [0.717, 1.165) is 0 Å². The summed E-state index contributed by atoms with van der Waals surface area (Å²) in [5.74, 6) is 0.297. The molecule has 0 aliphatic carbocycles. The quantitative estimate of drug-likeness (QED) is 0.808. The fourth-order valence-electron chi connectivity index (χ4n) is 1.80. The molecule has 0 aromatic heterocycles. The number of hydrogen-bond acceptors (Lipinski definition) is 3. The van der Waals surface area contributed by atoms with Gasteiger partial charge in [-0.1, -0.05) is 0 Å². The lowest BCUT2D eigenvalue weighted by Crippen LogP contribution is -2.33. The molecular weight excluding hydrogens is 221 g/mol. The summed E-state index contributed by atoms with van der Waals surface area (Å²) in [6, 6.07) is 8.15. The van der Waals surface area contributed by atoms with E-state index in [-0.39, 0.29) is 5.82 Å². The number of ether oxygens (including phenoxy) is 2. The molecule has 0 N–H and O–H groups in total. The van der Waals surface area contributed by atoms with Crippen molar-refractivity contribution in [1.82, 2.24) is 0 Å². The maximum atomic E-state index is 12.7. The zero-order valence-electron chi connectivity index (χ0n) is 9.49. The summed E-state index contributed by atoms with van der Waals surface area (Å²) in [5.41, 5.74) is -0.466. The average molecular weight is 235 g/mol. The van der Waals surface area contributed by atoms with Crippen molar-refractivity contribution in [3.63, 3.8) is 0 Å². The van der Waals surface area contributed by atoms with E-state index in [4.69, 9.17) is 9.47 Å². The molecule has 1 aromatic rings. The number of nitrogens with zero attached hydrogens (tertiary/aromatic N) is 1. The number of hydrogen-bond donors (Lipinski definition) is 0. The maximum Gasteiger partial charge on any atom is 0.123 e. The van der Waals surface area contributed by atoms with Gasteiger partial charge >= 0.3 is 0 Å². The molecule has 1 fully saturated rings. The molecule has 0 atom stereocenters. The standard InChI is InChI=1S/C13H14FNO2/c14-11-1-3-12(4-2-11)17-10-13(9-15)5-7-16-8-6-13/h1-4H,5-8,10H2. The van der Waals surface area contributed by atoms with Crippen molar-refractivity contribution in [3.8, 4) is 11.8 Å². The van der Waals surface area contributed by atoms with Gasteiger partial charge in [-0.3, -0.25) is 0 Å². The Morgan fingerprint density at radius 1 is 1.29 bits per heavy atom. The summed E-state index contributed by atoms with van der Waals surface area (Å²) in [7, 11) is 0. The first kappa shape index (κ1) is 11.9. The Hall–Kier alpha value is -1.60. The lowest BCUT2D eigenvalue weighted by Gasteiger charge is -2.30. The van der Waals surface area contributed by atoms with Crippen LogP contribution in [0.5, 0.6) is 5.75 Å². The molecule has 4 heteroatoms. The lowest BCUT2D eigenvalue weighted by molar-refractivity contribution is 0.0191. The minimum absolute atomic E-state index is 0.293. The van der Waals surface area contributed by atoms with Crippen molar-refractivity contribution in [2.75, 3.05) is 19.8 Å². The highest BCUT2D eigenvalue weighted by Gasteiger charge is 2.33. The van der Waals surface area contributed by atoms with E-state index in [1.165, 1.54) is 12.1 Å². The third-order valence-corrected chi connectivity index (χ3v) is 3.02. The van der Waals surface area contributed by atoms with Crippen LogP contribution in [0.2, 0.25) is 0 Å². The Morgan fingerprint density at radius 2 is 1.94 bits per heavy atom. The molecule has 1 aliphatic rings. The Morgan fingerprint density at radius 3 is 2.53 bits per heavy atom. The molecule has 0 saturated carbocycles. The van der Waals surface area contributed by atoms with Crippen molar-refractivity contribution in [3.05, 3.63) is 30.1 Å². The molecule has 0 radical (unpaired) electrons. The summed E-state index contributed by atoms with van der Waals surface area (Å²) >= 11 is 0. The van der Waals surface area contributed by atoms with E-state index in [0.29, 0.717) is 38.4 Å². The van der Waals surface area contributed by atoms with Crippen molar-refractivity contribution >= 4 is 0 Å². The highest BCUT2D eigenvalue weighted by Crippen LogP contribution is 2.30. The van der Waals surface area contributed by atoms with E-state index >= 15 is 0 Å². The first-order chi connectivity index (χ1) is 8.24. The molecule has 1 saturated heterocycles. The third-order valence-electron chi connectivity index (χ3n) is 3.02. The van der Waals surface area contributed by atoms with Gasteiger partial charge < -0.3 is 9.47 Å². The molecular formula is C13H14FNO2. The highest BCUT2D eigenvalue weighted by atomic mass is 19.1. The minimum Gasteiger partial charge on any atom is -0.492 e. The van der Waals surface area contributed by atoms with Gasteiger partial charge in [0, 0.05) is 13.2 Å². The first-order valence-corrected chi connectivity index (χ1v) is 5.61. The Kier molecular flexibility index (Phi) is 3.60. The van der Waals surface area contributed by atoms with E-state index < -0.39 is 5.41 Å². The largest absolute Gasteiger partial charge is 0.492 e. The van der Waals surface area contributed by atoms with Crippen LogP contribution in [0.15, 0.2) is 24.3 Å². The monoisotopic (exact) mass is 235 g/mol. The summed E-state index contributed by atoms with van der Waals surface area (Å²) < 4.78 is 23.5. The molecule has 2 rings (SSSR count). The van der Waals surface area contributed by atoms with Gasteiger partial charge in [-0.15, -0.1) is 0 Å². The summed E-state index contributed by atoms with van der Waals surface area (Å²) in [6.45, 7) is 1.53. The normalized spacial score (nSPS) is 18.4. The van der Waals surface area contributed by atoms with Gasteiger partial charge in [0.2, 0.25) is 0 Å². The number of rotatable bonds is 3. The molecule has 3 nitrogen and oxygen atoms in total. The molecule has 1 aliphatic heterocycles. The van der Waals surface area contributed by atoms with Gasteiger partial charge in [0.15, 0.2) is 0 Å². The van der Waals surface area contributed by atoms with Gasteiger partial charge in [0.1, 0.15) is 18.2 Å². The summed E-state index contributed by atoms with van der Waals surface area (Å²) in [6.07, 6.45) is 1.37. The summed E-state index contributed by atoms with van der Waals surface area (Å²) in [4.78, 5) is 0. The van der Waals surface area contributed by atoms with Crippen LogP contribution in [0.25, 0.3) is 0 Å². The minimum atomic E-state index is -0.466. The fourth-order valence-corrected chi connectivity index (χ4v) is 1.80. The van der Waals surface area contributed by atoms with Crippen LogP contribution < -0.4 is 4.74 Å². The molecule has 0 bridgehead atoms. The molecule has 90 valence electrons. The van der Waals surface area contributed by atoms with E-state index in [1.54, 1.807) is 12.1 Å². The van der Waals surface area contributed by atoms with Gasteiger partial charge in [-0.25, -0.2) is 4.39 Å². The average Bonchev–Trinajstić information content (AvgIpc) is 2.39. The van der Waals surface area contributed by atoms with Gasteiger partial charge in [0.05, 0.1) is 11.5 Å². The molecule has 0 unspecified atom stereocenters. The smallest absolute Gasteiger partial charge is 0.123 e. The third kappa shape index (κ3) is 2.95. The lowest BCUT2D eigenvalue weighted by atomic mass is 9.83. The fraction of sp³-hybridized carbons (Fsp3) is 0.462. The van der Waals surface area contributed by atoms with Crippen molar-refractivity contribution in [1.29, 1.82) is 5.26 Å². The van der Waals surface area contributed by atoms with Crippen LogP contribution >= 0.6 is 0 Å². The second-order valence-corrected chi connectivity index (χ2v) is 4.25. The van der Waals surface area contributed by atoms with Crippen LogP contribution in [0.3, 0.4) is 0 Å². The van der Waals surface area contributed by atoms with Crippen LogP contribution in [0, 0.1) is 22.6 Å². The molecule has 0 amide bonds. The van der Waals surface area contributed by atoms with Crippen molar-refractivity contribution in [2.45, 2.75) is 12.8 Å². The Bertz CT molecular complexity index is 404. The van der Waals surface area contributed by atoms with E-state index in [9.17, 15) is 9.65 Å². The van der Waals surface area contributed by atoms with Gasteiger partial charge in [0.25, 0.3) is 0 Å². The highest BCUT2D eigenvalue weighted by molar-refractivity contribution is 5.22. The summed E-state index contributed by atoms with van der Waals surface area (Å²) in [5, 5.41) is 9.22. The predicted octanol–water partition coefficient (Wildman–Crippen LogP) is 2.52. The number of nitriles is 1. The zero-order valence-corrected chi connectivity index (χ0v) is 9.49. The second-order valence-electron chi connectivity index (χ2n) is 4.25. The van der Waals surface area contributed by atoms with Gasteiger partial charge in [-0.2, -0.15) is 5.26 Å². The van der Waals surface area contributed by atoms with E-state index in [1.807, 2.05) is 0 Å². The molecule has 17 heavy (non-hydrogen) atoms. The van der Waals surface area contributed by atoms with Crippen LogP contribution in [-0.2, 0) is 4.74 Å². The second kappa shape index (κ2) is 5.15.